The van der Waals surface area contributed by atoms with Crippen molar-refractivity contribution >= 4 is 59.4 Å². The van der Waals surface area contributed by atoms with Crippen LogP contribution in [0.3, 0.4) is 0 Å². The number of aromatic nitrogens is 2. The van der Waals surface area contributed by atoms with Gasteiger partial charge in [-0.15, -0.1) is 11.3 Å². The lowest BCUT2D eigenvalue weighted by Gasteiger charge is -2.15. The maximum Gasteiger partial charge on any atom is 0.179 e. The Morgan fingerprint density at radius 3 is 2.85 bits per heavy atom. The van der Waals surface area contributed by atoms with Crippen LogP contribution in [-0.4, -0.2) is 24.1 Å². The molecule has 0 fully saturated rings. The smallest absolute Gasteiger partial charge is 0.179 e. The minimum Gasteiger partial charge on any atom is -0.396 e. The first-order valence-corrected chi connectivity index (χ1v) is 10.6. The van der Waals surface area contributed by atoms with Gasteiger partial charge >= 0.3 is 0 Å². The lowest BCUT2D eigenvalue weighted by Crippen LogP contribution is -2.01. The van der Waals surface area contributed by atoms with Gasteiger partial charge in [0.1, 0.15) is 0 Å². The van der Waals surface area contributed by atoms with Crippen LogP contribution in [0, 0.1) is 0 Å². The van der Waals surface area contributed by atoms with Gasteiger partial charge in [0, 0.05) is 11.1 Å². The van der Waals surface area contributed by atoms with Gasteiger partial charge in [-0.2, -0.15) is 0 Å². The number of nitrogens with one attached hydrogen (secondary N) is 1. The summed E-state index contributed by atoms with van der Waals surface area (Å²) >= 11 is 1.57. The first-order chi connectivity index (χ1) is 12.5. The van der Waals surface area contributed by atoms with Crippen molar-refractivity contribution in [3.8, 4) is 0 Å². The Kier molecular flexibility index (Phi) is 3.22. The molecule has 0 saturated heterocycles. The molecule has 0 radical (unpaired) electrons. The molecule has 130 valence electrons. The van der Waals surface area contributed by atoms with Gasteiger partial charge in [0.05, 0.1) is 49.5 Å². The van der Waals surface area contributed by atoms with Crippen LogP contribution in [0.25, 0.3) is 21.1 Å². The van der Waals surface area contributed by atoms with E-state index in [1.807, 2.05) is 23.7 Å². The van der Waals surface area contributed by atoms with E-state index in [1.54, 1.807) is 29.7 Å². The molecule has 0 bridgehead atoms. The Morgan fingerprint density at radius 2 is 1.96 bits per heavy atom. The van der Waals surface area contributed by atoms with E-state index in [2.05, 4.69) is 15.3 Å². The third kappa shape index (κ3) is 2.26. The monoisotopic (exact) mass is 382 g/mol. The van der Waals surface area contributed by atoms with Gasteiger partial charge in [-0.1, -0.05) is 0 Å². The van der Waals surface area contributed by atoms with Gasteiger partial charge < -0.3 is 11.1 Å². The quantitative estimate of drug-likeness (QED) is 0.551. The number of nitrogens with zero attached hydrogens (tertiary/aromatic N) is 2. The SMILES string of the molecule is Nc1cnc2ccc3c(c2c1Nc1ccc2ncsc2c1)CCS3(=O)=O. The summed E-state index contributed by atoms with van der Waals surface area (Å²) in [7, 11) is -3.22. The van der Waals surface area contributed by atoms with Crippen LogP contribution in [0.2, 0.25) is 0 Å². The van der Waals surface area contributed by atoms with Crippen LogP contribution >= 0.6 is 11.3 Å². The average molecular weight is 382 g/mol. The molecule has 4 aromatic rings. The van der Waals surface area contributed by atoms with Gasteiger partial charge in [-0.25, -0.2) is 13.4 Å². The highest BCUT2D eigenvalue weighted by molar-refractivity contribution is 7.91. The molecular formula is C18H14N4O2S2. The first-order valence-electron chi connectivity index (χ1n) is 8.06. The van der Waals surface area contributed by atoms with Crippen LogP contribution in [0.5, 0.6) is 0 Å². The second kappa shape index (κ2) is 5.39. The van der Waals surface area contributed by atoms with Crippen molar-refractivity contribution in [3.63, 3.8) is 0 Å². The van der Waals surface area contributed by atoms with Crippen molar-refractivity contribution < 1.29 is 8.42 Å². The molecule has 0 amide bonds. The molecule has 6 nitrogen and oxygen atoms in total. The summed E-state index contributed by atoms with van der Waals surface area (Å²) in [5.41, 5.74) is 12.5. The molecule has 0 aliphatic carbocycles. The summed E-state index contributed by atoms with van der Waals surface area (Å²) in [5.74, 6) is 0.127. The predicted molar refractivity (Wildman–Crippen MR) is 105 cm³/mol. The number of rotatable bonds is 2. The zero-order chi connectivity index (χ0) is 17.9. The Balaban J connectivity index is 1.74. The topological polar surface area (TPSA) is 98.0 Å². The summed E-state index contributed by atoms with van der Waals surface area (Å²) < 4.78 is 25.7. The van der Waals surface area contributed by atoms with Crippen molar-refractivity contribution in [2.75, 3.05) is 16.8 Å². The van der Waals surface area contributed by atoms with Gasteiger partial charge in [0.25, 0.3) is 0 Å². The lowest BCUT2D eigenvalue weighted by molar-refractivity contribution is 0.600. The van der Waals surface area contributed by atoms with Crippen molar-refractivity contribution in [2.24, 2.45) is 0 Å². The average Bonchev–Trinajstić information content (AvgIpc) is 3.21. The number of fused-ring (bicyclic) bond motifs is 4. The van der Waals surface area contributed by atoms with Crippen LogP contribution in [0.15, 0.2) is 46.9 Å². The standard InChI is InChI=1S/C18H14N4O2S2/c19-12-8-20-14-3-4-16-11(5-6-26(16,23)24)17(14)18(12)22-10-1-2-13-15(7-10)25-9-21-13/h1-4,7-9H,5-6,19H2,(H,20,22). The summed E-state index contributed by atoms with van der Waals surface area (Å²) in [5, 5.41) is 4.16. The largest absolute Gasteiger partial charge is 0.396 e. The van der Waals surface area contributed by atoms with Crippen molar-refractivity contribution in [2.45, 2.75) is 11.3 Å². The minimum atomic E-state index is -3.22. The molecule has 0 atom stereocenters. The summed E-state index contributed by atoms with van der Waals surface area (Å²) in [6.07, 6.45) is 2.08. The van der Waals surface area contributed by atoms with Crippen LogP contribution in [0.4, 0.5) is 17.1 Å². The zero-order valence-electron chi connectivity index (χ0n) is 13.6. The van der Waals surface area contributed by atoms with E-state index >= 15 is 0 Å². The number of hydrogen-bond donors (Lipinski definition) is 2. The highest BCUT2D eigenvalue weighted by Crippen LogP contribution is 2.39. The van der Waals surface area contributed by atoms with Crippen molar-refractivity contribution in [3.05, 3.63) is 47.6 Å². The molecule has 8 heteroatoms. The number of pyridine rings is 1. The molecule has 26 heavy (non-hydrogen) atoms. The van der Waals surface area contributed by atoms with Crippen molar-refractivity contribution in [1.29, 1.82) is 0 Å². The lowest BCUT2D eigenvalue weighted by atomic mass is 10.0. The predicted octanol–water partition coefficient (Wildman–Crippen LogP) is 3.50. The van der Waals surface area contributed by atoms with E-state index in [0.29, 0.717) is 22.7 Å². The molecule has 3 heterocycles. The third-order valence-electron chi connectivity index (χ3n) is 4.69. The van der Waals surface area contributed by atoms with E-state index in [4.69, 9.17) is 5.73 Å². The van der Waals surface area contributed by atoms with Crippen LogP contribution in [-0.2, 0) is 16.3 Å². The highest BCUT2D eigenvalue weighted by atomic mass is 32.2. The maximum absolute atomic E-state index is 12.3. The summed E-state index contributed by atoms with van der Waals surface area (Å²) in [4.78, 5) is 9.06. The number of nitrogen functional groups attached to an aromatic ring is 1. The number of nitrogens with two attached hydrogens (primary N) is 1. The second-order valence-corrected chi connectivity index (χ2v) is 9.22. The first kappa shape index (κ1) is 15.5. The summed E-state index contributed by atoms with van der Waals surface area (Å²) in [6, 6.07) is 9.29. The van der Waals surface area contributed by atoms with Crippen LogP contribution < -0.4 is 11.1 Å². The van der Waals surface area contributed by atoms with E-state index in [1.165, 1.54) is 0 Å². The highest BCUT2D eigenvalue weighted by Gasteiger charge is 2.29. The normalized spacial score (nSPS) is 15.4. The number of benzene rings is 2. The molecule has 1 aliphatic rings. The molecule has 5 rings (SSSR count). The Morgan fingerprint density at radius 1 is 1.12 bits per heavy atom. The van der Waals surface area contributed by atoms with Gasteiger partial charge in [0.15, 0.2) is 9.84 Å². The van der Waals surface area contributed by atoms with Crippen molar-refractivity contribution in [1.82, 2.24) is 9.97 Å². The minimum absolute atomic E-state index is 0.127. The molecule has 1 aliphatic heterocycles. The fourth-order valence-electron chi connectivity index (χ4n) is 3.45. The van der Waals surface area contributed by atoms with E-state index in [-0.39, 0.29) is 5.75 Å². The number of anilines is 3. The fourth-order valence-corrected chi connectivity index (χ4v) is 5.71. The molecule has 0 saturated carbocycles. The number of sulfone groups is 1. The Labute approximate surface area is 153 Å². The molecule has 0 unspecified atom stereocenters. The second-order valence-electron chi connectivity index (χ2n) is 6.25. The maximum atomic E-state index is 12.3. The molecule has 0 spiro atoms. The Bertz CT molecular complexity index is 1300. The molecular weight excluding hydrogens is 368 g/mol. The van der Waals surface area contributed by atoms with E-state index in [9.17, 15) is 8.42 Å². The van der Waals surface area contributed by atoms with Crippen LogP contribution in [0.1, 0.15) is 5.56 Å². The van der Waals surface area contributed by atoms with E-state index in [0.717, 1.165) is 32.4 Å². The fraction of sp³-hybridized carbons (Fsp3) is 0.111. The third-order valence-corrected chi connectivity index (χ3v) is 7.27. The number of aryl methyl sites for hydroxylation is 1. The van der Waals surface area contributed by atoms with E-state index < -0.39 is 9.84 Å². The van der Waals surface area contributed by atoms with Gasteiger partial charge in [-0.3, -0.25) is 4.98 Å². The molecule has 2 aromatic carbocycles. The molecule has 2 aromatic heterocycles. The Hall–Kier alpha value is -2.71. The summed E-state index contributed by atoms with van der Waals surface area (Å²) in [6.45, 7) is 0. The zero-order valence-corrected chi connectivity index (χ0v) is 15.2. The number of hydrogen-bond acceptors (Lipinski definition) is 7. The van der Waals surface area contributed by atoms with Gasteiger partial charge in [0.2, 0.25) is 0 Å². The van der Waals surface area contributed by atoms with Gasteiger partial charge in [-0.05, 0) is 42.3 Å². The number of thiazole rings is 1. The molecule has 3 N–H and O–H groups in total.